The van der Waals surface area contributed by atoms with Gasteiger partial charge in [0.2, 0.25) is 11.8 Å². The molecule has 3 saturated heterocycles. The summed E-state index contributed by atoms with van der Waals surface area (Å²) in [6, 6.07) is 13.7. The molecule has 15 nitrogen and oxygen atoms in total. The molecule has 8 rings (SSSR count). The number of piperazine rings is 1. The first-order valence-corrected chi connectivity index (χ1v) is 20.4. The second-order valence-electron chi connectivity index (χ2n) is 15.9. The van der Waals surface area contributed by atoms with Crippen molar-refractivity contribution in [1.82, 2.24) is 45.8 Å². The fourth-order valence-corrected chi connectivity index (χ4v) is 8.92. The number of hydrogen-bond acceptors (Lipinski definition) is 8. The highest BCUT2D eigenvalue weighted by Crippen LogP contribution is 2.28. The van der Waals surface area contributed by atoms with Crippen molar-refractivity contribution < 1.29 is 19.2 Å². The lowest BCUT2D eigenvalue weighted by molar-refractivity contribution is -0.137. The SMILES string of the molecule is Cc1cc(C[C@H](NC(=O)N2CCC(N3Cc4ccccc4NC3=O)CC2)C(=O)N[C@@H](CC2CCNCC2)C(=O)N2CCN(c3ccncc3)CC2)cc2cn[nH]c12. The molecule has 57 heavy (non-hydrogen) atoms. The number of aryl methyl sites for hydroxylation is 1. The van der Waals surface area contributed by atoms with E-state index in [1.807, 2.05) is 65.3 Å². The van der Waals surface area contributed by atoms with Crippen LogP contribution in [-0.4, -0.2) is 124 Å². The molecule has 5 N–H and O–H groups in total. The monoisotopic (exact) mass is 775 g/mol. The van der Waals surface area contributed by atoms with Gasteiger partial charge in [-0.1, -0.05) is 24.3 Å². The molecule has 15 heteroatoms. The molecular formula is C42H53N11O4. The standard InChI is InChI=1S/C42H53N11O4/c1-28-22-30(23-32-26-45-49-38(28)32)25-36(48-41(56)52-16-10-34(11-17-52)53-27-31-4-2-3-5-35(31)47-42(53)57)39(54)46-37(24-29-6-12-43-13-7-29)40(55)51-20-18-50(19-21-51)33-8-14-44-15-9-33/h2-5,8-9,14-15,22-23,26,29,34,36-37,43H,6-7,10-13,16-21,24-25,27H2,1H3,(H,45,49)(H,46,54)(H,47,57)(H,48,56)/t36-,37-/m0/s1. The van der Waals surface area contributed by atoms with Crippen LogP contribution in [0.3, 0.4) is 0 Å². The Bertz CT molecular complexity index is 2050. The van der Waals surface area contributed by atoms with E-state index in [1.165, 1.54) is 0 Å². The second kappa shape index (κ2) is 17.2. The van der Waals surface area contributed by atoms with E-state index in [0.29, 0.717) is 65.1 Å². The number of amides is 6. The molecule has 4 aliphatic heterocycles. The maximum Gasteiger partial charge on any atom is 0.322 e. The van der Waals surface area contributed by atoms with Gasteiger partial charge in [-0.3, -0.25) is 19.7 Å². The van der Waals surface area contributed by atoms with Gasteiger partial charge in [0.25, 0.3) is 0 Å². The predicted molar refractivity (Wildman–Crippen MR) is 218 cm³/mol. The summed E-state index contributed by atoms with van der Waals surface area (Å²) in [5, 5.41) is 20.8. The van der Waals surface area contributed by atoms with Crippen LogP contribution in [0.15, 0.2) is 67.1 Å². The number of nitrogens with one attached hydrogen (secondary N) is 5. The fourth-order valence-electron chi connectivity index (χ4n) is 8.92. The van der Waals surface area contributed by atoms with Gasteiger partial charge in [-0.2, -0.15) is 5.10 Å². The number of likely N-dealkylation sites (tertiary alicyclic amines) is 1. The van der Waals surface area contributed by atoms with Crippen LogP contribution in [0.25, 0.3) is 10.9 Å². The minimum Gasteiger partial charge on any atom is -0.368 e. The summed E-state index contributed by atoms with van der Waals surface area (Å²) in [4.78, 5) is 67.8. The van der Waals surface area contributed by atoms with Crippen LogP contribution in [-0.2, 0) is 22.6 Å². The normalized spacial score (nSPS) is 19.1. The third kappa shape index (κ3) is 8.83. The summed E-state index contributed by atoms with van der Waals surface area (Å²) in [6.45, 7) is 7.63. The molecule has 0 spiro atoms. The Balaban J connectivity index is 0.967. The number of H-pyrrole nitrogens is 1. The van der Waals surface area contributed by atoms with Crippen molar-refractivity contribution in [3.8, 4) is 0 Å². The zero-order valence-electron chi connectivity index (χ0n) is 32.6. The number of pyridine rings is 1. The highest BCUT2D eigenvalue weighted by Gasteiger charge is 2.36. The molecule has 2 atom stereocenters. The Morgan fingerprint density at radius 1 is 0.877 bits per heavy atom. The number of carbonyl (C=O) groups excluding carboxylic acids is 4. The largest absolute Gasteiger partial charge is 0.368 e. The van der Waals surface area contributed by atoms with Gasteiger partial charge in [0, 0.05) is 87.4 Å². The molecular weight excluding hydrogens is 723 g/mol. The van der Waals surface area contributed by atoms with Gasteiger partial charge in [-0.15, -0.1) is 0 Å². The van der Waals surface area contributed by atoms with Crippen LogP contribution >= 0.6 is 0 Å². The summed E-state index contributed by atoms with van der Waals surface area (Å²) >= 11 is 0. The number of benzene rings is 2. The topological polar surface area (TPSA) is 171 Å². The van der Waals surface area contributed by atoms with Gasteiger partial charge >= 0.3 is 12.1 Å². The molecule has 0 unspecified atom stereocenters. The Hall–Kier alpha value is -5.70. The van der Waals surface area contributed by atoms with E-state index in [4.69, 9.17) is 0 Å². The number of carbonyl (C=O) groups is 4. The van der Waals surface area contributed by atoms with Crippen molar-refractivity contribution >= 4 is 46.2 Å². The summed E-state index contributed by atoms with van der Waals surface area (Å²) in [6.07, 6.45) is 9.20. The van der Waals surface area contributed by atoms with Crippen LogP contribution in [0, 0.1) is 12.8 Å². The molecule has 6 heterocycles. The lowest BCUT2D eigenvalue weighted by atomic mass is 9.90. The van der Waals surface area contributed by atoms with Gasteiger partial charge in [0.15, 0.2) is 0 Å². The van der Waals surface area contributed by atoms with Crippen molar-refractivity contribution in [3.05, 3.63) is 83.8 Å². The van der Waals surface area contributed by atoms with E-state index in [2.05, 4.69) is 41.3 Å². The van der Waals surface area contributed by atoms with Crippen LogP contribution in [0.4, 0.5) is 21.0 Å². The van der Waals surface area contributed by atoms with Crippen molar-refractivity contribution in [1.29, 1.82) is 0 Å². The number of aromatic amines is 1. The molecule has 0 bridgehead atoms. The van der Waals surface area contributed by atoms with Crippen molar-refractivity contribution in [3.63, 3.8) is 0 Å². The maximum atomic E-state index is 14.5. The third-order valence-corrected chi connectivity index (χ3v) is 12.2. The molecule has 6 amide bonds. The number of anilines is 2. The average Bonchev–Trinajstić information content (AvgIpc) is 3.73. The number of urea groups is 2. The number of nitrogens with zero attached hydrogens (tertiary/aromatic N) is 6. The Labute approximate surface area is 332 Å². The number of rotatable bonds is 10. The highest BCUT2D eigenvalue weighted by molar-refractivity contribution is 5.93. The number of fused-ring (bicyclic) bond motifs is 2. The Morgan fingerprint density at radius 3 is 2.40 bits per heavy atom. The number of piperidine rings is 2. The summed E-state index contributed by atoms with van der Waals surface area (Å²) in [5.41, 5.74) is 5.77. The summed E-state index contributed by atoms with van der Waals surface area (Å²) in [7, 11) is 0. The Morgan fingerprint density at radius 2 is 1.63 bits per heavy atom. The molecule has 4 aromatic rings. The van der Waals surface area contributed by atoms with Gasteiger partial charge < -0.3 is 40.9 Å². The van der Waals surface area contributed by atoms with Crippen molar-refractivity contribution in [2.75, 3.05) is 62.6 Å². The average molecular weight is 776 g/mol. The van der Waals surface area contributed by atoms with E-state index in [9.17, 15) is 19.2 Å². The van der Waals surface area contributed by atoms with Gasteiger partial charge in [0.1, 0.15) is 12.1 Å². The predicted octanol–water partition coefficient (Wildman–Crippen LogP) is 3.62. The van der Waals surface area contributed by atoms with Gasteiger partial charge in [-0.25, -0.2) is 9.59 Å². The second-order valence-corrected chi connectivity index (χ2v) is 15.9. The fraction of sp³-hybridized carbons (Fsp3) is 0.476. The first-order chi connectivity index (χ1) is 27.8. The molecule has 300 valence electrons. The minimum atomic E-state index is -0.935. The Kier molecular flexibility index (Phi) is 11.5. The summed E-state index contributed by atoms with van der Waals surface area (Å²) < 4.78 is 0. The van der Waals surface area contributed by atoms with Crippen LogP contribution in [0.5, 0.6) is 0 Å². The van der Waals surface area contributed by atoms with Crippen LogP contribution in [0.2, 0.25) is 0 Å². The molecule has 3 fully saturated rings. The van der Waals surface area contributed by atoms with Crippen LogP contribution in [0.1, 0.15) is 48.8 Å². The molecule has 2 aromatic heterocycles. The first kappa shape index (κ1) is 38.2. The van der Waals surface area contributed by atoms with E-state index in [-0.39, 0.29) is 42.3 Å². The molecule has 0 saturated carbocycles. The lowest BCUT2D eigenvalue weighted by Crippen LogP contribution is -2.59. The quantitative estimate of drug-likeness (QED) is 0.163. The number of para-hydroxylation sites is 1. The lowest BCUT2D eigenvalue weighted by Gasteiger charge is -2.41. The van der Waals surface area contributed by atoms with Crippen molar-refractivity contribution in [2.24, 2.45) is 5.92 Å². The number of aromatic nitrogens is 3. The third-order valence-electron chi connectivity index (χ3n) is 12.2. The zero-order valence-corrected chi connectivity index (χ0v) is 32.6. The molecule has 0 radical (unpaired) electrons. The maximum absolute atomic E-state index is 14.5. The highest BCUT2D eigenvalue weighted by atomic mass is 16.2. The van der Waals surface area contributed by atoms with Crippen molar-refractivity contribution in [2.45, 2.75) is 70.1 Å². The van der Waals surface area contributed by atoms with Gasteiger partial charge in [0.05, 0.1) is 11.7 Å². The van der Waals surface area contributed by atoms with E-state index in [1.54, 1.807) is 23.5 Å². The molecule has 2 aromatic carbocycles. The first-order valence-electron chi connectivity index (χ1n) is 20.4. The van der Waals surface area contributed by atoms with Crippen LogP contribution < -0.4 is 26.2 Å². The minimum absolute atomic E-state index is 0.0144. The number of hydrogen-bond donors (Lipinski definition) is 5. The van der Waals surface area contributed by atoms with Gasteiger partial charge in [-0.05, 0) is 99.0 Å². The summed E-state index contributed by atoms with van der Waals surface area (Å²) in [5.74, 6) is -0.174. The van der Waals surface area contributed by atoms with E-state index in [0.717, 1.165) is 64.9 Å². The van der Waals surface area contributed by atoms with E-state index < -0.39 is 12.1 Å². The molecule has 4 aliphatic rings. The smallest absolute Gasteiger partial charge is 0.322 e. The zero-order chi connectivity index (χ0) is 39.3. The molecule has 0 aliphatic carbocycles. The van der Waals surface area contributed by atoms with E-state index >= 15 is 0 Å².